The summed E-state index contributed by atoms with van der Waals surface area (Å²) in [6.45, 7) is 3.10. The highest BCUT2D eigenvalue weighted by Crippen LogP contribution is 2.46. The van der Waals surface area contributed by atoms with Gasteiger partial charge in [-0.1, -0.05) is 54.2 Å². The van der Waals surface area contributed by atoms with Crippen LogP contribution in [0.15, 0.2) is 93.1 Å². The maximum absolute atomic E-state index is 13.9. The average molecular weight is 554 g/mol. The van der Waals surface area contributed by atoms with Crippen LogP contribution in [0.3, 0.4) is 0 Å². The van der Waals surface area contributed by atoms with Gasteiger partial charge in [-0.05, 0) is 54.6 Å². The number of carbonyl (C=O) groups is 1. The van der Waals surface area contributed by atoms with Crippen LogP contribution >= 0.6 is 23.5 Å². The number of nitrogens with zero attached hydrogens (tertiary/aromatic N) is 4. The van der Waals surface area contributed by atoms with E-state index in [1.807, 2.05) is 79.5 Å². The van der Waals surface area contributed by atoms with Crippen molar-refractivity contribution in [2.24, 2.45) is 4.99 Å². The minimum absolute atomic E-state index is 0.0984. The first-order chi connectivity index (χ1) is 19.0. The van der Waals surface area contributed by atoms with E-state index in [1.54, 1.807) is 24.1 Å². The van der Waals surface area contributed by atoms with E-state index in [4.69, 9.17) is 9.73 Å². The van der Waals surface area contributed by atoms with Gasteiger partial charge in [-0.25, -0.2) is 4.99 Å². The van der Waals surface area contributed by atoms with Gasteiger partial charge in [0.15, 0.2) is 5.17 Å². The summed E-state index contributed by atoms with van der Waals surface area (Å²) in [6.07, 6.45) is 0. The molecule has 1 fully saturated rings. The lowest BCUT2D eigenvalue weighted by molar-refractivity contribution is -0.122. The highest BCUT2D eigenvalue weighted by atomic mass is 32.2. The summed E-state index contributed by atoms with van der Waals surface area (Å²) in [5.74, 6) is 0.678. The number of aliphatic imine (C=N–C) groups is 1. The number of benzene rings is 3. The molecule has 196 valence electrons. The summed E-state index contributed by atoms with van der Waals surface area (Å²) in [5.41, 5.74) is 4.95. The second kappa shape index (κ2) is 11.7. The molecule has 0 aliphatic carbocycles. The number of hydrogen-bond donors (Lipinski definition) is 1. The van der Waals surface area contributed by atoms with Crippen LogP contribution < -0.4 is 10.1 Å². The number of thioether (sulfide) groups is 2. The molecule has 0 unspecified atom stereocenters. The minimum atomic E-state index is -0.0984. The molecule has 0 spiro atoms. The third-order valence-electron chi connectivity index (χ3n) is 6.27. The van der Waals surface area contributed by atoms with E-state index in [9.17, 15) is 10.1 Å². The fraction of sp³-hybridized carbons (Fsp3) is 0.167. The van der Waals surface area contributed by atoms with Crippen molar-refractivity contribution >= 4 is 51.7 Å². The average Bonchev–Trinajstić information content (AvgIpc) is 3.49. The summed E-state index contributed by atoms with van der Waals surface area (Å²) in [4.78, 5) is 23.3. The van der Waals surface area contributed by atoms with Gasteiger partial charge in [-0.3, -0.25) is 9.69 Å². The number of nitrogens with one attached hydrogen (secondary N) is 1. The fourth-order valence-corrected chi connectivity index (χ4v) is 6.53. The Balaban J connectivity index is 1.54. The summed E-state index contributed by atoms with van der Waals surface area (Å²) < 4.78 is 5.41. The molecule has 0 radical (unpaired) electrons. The highest BCUT2D eigenvalue weighted by molar-refractivity contribution is 8.19. The summed E-state index contributed by atoms with van der Waals surface area (Å²) >= 11 is 2.89. The molecule has 39 heavy (non-hydrogen) atoms. The van der Waals surface area contributed by atoms with Crippen molar-refractivity contribution < 1.29 is 9.53 Å². The lowest BCUT2D eigenvalue weighted by atomic mass is 10.1. The van der Waals surface area contributed by atoms with Crippen molar-refractivity contribution in [2.45, 2.75) is 13.5 Å². The maximum atomic E-state index is 13.9. The Kier molecular flexibility index (Phi) is 7.96. The molecule has 7 nitrogen and oxygen atoms in total. The van der Waals surface area contributed by atoms with Crippen molar-refractivity contribution in [1.82, 2.24) is 9.80 Å². The van der Waals surface area contributed by atoms with E-state index >= 15 is 0 Å². The Morgan fingerprint density at radius 1 is 1.08 bits per heavy atom. The monoisotopic (exact) mass is 553 g/mol. The Morgan fingerprint density at radius 2 is 1.90 bits per heavy atom. The van der Waals surface area contributed by atoms with Crippen LogP contribution in [-0.2, 0) is 11.3 Å². The number of carbonyl (C=O) groups excluding carboxylic acids is 1. The Bertz CT molecular complexity index is 1540. The lowest BCUT2D eigenvalue weighted by Crippen LogP contribution is -2.29. The molecule has 1 N–H and O–H groups in total. The quantitative estimate of drug-likeness (QED) is 0.330. The number of rotatable bonds is 7. The molecule has 9 heteroatoms. The van der Waals surface area contributed by atoms with E-state index < -0.39 is 0 Å². The number of ether oxygens (including phenoxy) is 1. The largest absolute Gasteiger partial charge is 0.497 e. The van der Waals surface area contributed by atoms with Gasteiger partial charge in [0, 0.05) is 24.6 Å². The third kappa shape index (κ3) is 5.53. The standard InChI is InChI=1S/C30H27N5O2S2/c1-4-32-24-14-13-21(17-31)15-25(24)33-30-35(18-20-9-6-5-7-10-20)28(36)27(39-30)29-34(2)26(19-38-29)22-11-8-12-23(16-22)37-3/h5-16,19,32H,4,18H2,1-3H3. The van der Waals surface area contributed by atoms with E-state index in [0.717, 1.165) is 33.3 Å². The van der Waals surface area contributed by atoms with Gasteiger partial charge >= 0.3 is 0 Å². The van der Waals surface area contributed by atoms with Crippen LogP contribution in [0.5, 0.6) is 5.75 Å². The van der Waals surface area contributed by atoms with Gasteiger partial charge in [-0.15, -0.1) is 0 Å². The lowest BCUT2D eigenvalue weighted by Gasteiger charge is -2.19. The van der Waals surface area contributed by atoms with Gasteiger partial charge in [0.2, 0.25) is 0 Å². The number of anilines is 1. The van der Waals surface area contributed by atoms with Gasteiger partial charge in [0.05, 0.1) is 47.4 Å². The molecule has 0 bridgehead atoms. The van der Waals surface area contributed by atoms with E-state index in [1.165, 1.54) is 23.5 Å². The zero-order valence-electron chi connectivity index (χ0n) is 21.8. The van der Waals surface area contributed by atoms with Crippen LogP contribution in [0.25, 0.3) is 5.70 Å². The van der Waals surface area contributed by atoms with E-state index in [0.29, 0.717) is 34.4 Å². The molecular formula is C30H27N5O2S2. The molecule has 3 aromatic carbocycles. The van der Waals surface area contributed by atoms with Crippen molar-refractivity contribution in [3.8, 4) is 11.8 Å². The summed E-state index contributed by atoms with van der Waals surface area (Å²) in [5, 5.41) is 16.3. The molecule has 3 aromatic rings. The smallest absolute Gasteiger partial charge is 0.269 e. The fourth-order valence-electron chi connectivity index (χ4n) is 4.29. The van der Waals surface area contributed by atoms with E-state index in [-0.39, 0.29) is 5.91 Å². The molecule has 1 saturated heterocycles. The normalized spacial score (nSPS) is 17.9. The van der Waals surface area contributed by atoms with Crippen molar-refractivity contribution in [3.05, 3.63) is 105 Å². The summed E-state index contributed by atoms with van der Waals surface area (Å²) in [6, 6.07) is 25.3. The zero-order chi connectivity index (χ0) is 27.4. The molecule has 0 aromatic heterocycles. The SMILES string of the molecule is CCNc1ccc(C#N)cc1N=C1SC(=C2SC=C(c3cccc(OC)c3)N2C)C(=O)N1Cc1ccccc1. The first kappa shape index (κ1) is 26.5. The van der Waals surface area contributed by atoms with E-state index in [2.05, 4.69) is 16.8 Å². The molecule has 5 rings (SSSR count). The molecule has 2 heterocycles. The first-order valence-corrected chi connectivity index (χ1v) is 14.1. The maximum Gasteiger partial charge on any atom is 0.269 e. The number of hydrogen-bond acceptors (Lipinski definition) is 8. The second-order valence-corrected chi connectivity index (χ2v) is 10.6. The van der Waals surface area contributed by atoms with Crippen LogP contribution in [-0.4, -0.2) is 41.6 Å². The Labute approximate surface area is 236 Å². The Morgan fingerprint density at radius 3 is 2.64 bits per heavy atom. The predicted molar refractivity (Wildman–Crippen MR) is 160 cm³/mol. The van der Waals surface area contributed by atoms with Crippen molar-refractivity contribution in [3.63, 3.8) is 0 Å². The molecule has 0 saturated carbocycles. The topological polar surface area (TPSA) is 81.0 Å². The highest BCUT2D eigenvalue weighted by Gasteiger charge is 2.38. The van der Waals surface area contributed by atoms with Gasteiger partial charge in [0.25, 0.3) is 5.91 Å². The first-order valence-electron chi connectivity index (χ1n) is 12.4. The number of amides is 1. The number of methoxy groups -OCH3 is 1. The van der Waals surface area contributed by atoms with Crippen LogP contribution in [0, 0.1) is 11.3 Å². The zero-order valence-corrected chi connectivity index (χ0v) is 23.5. The number of nitriles is 1. The molecular weight excluding hydrogens is 526 g/mol. The number of amidine groups is 1. The third-order valence-corrected chi connectivity index (χ3v) is 8.50. The van der Waals surface area contributed by atoms with Gasteiger partial charge < -0.3 is 15.0 Å². The molecule has 1 amide bonds. The van der Waals surface area contributed by atoms with Crippen molar-refractivity contribution in [2.75, 3.05) is 26.0 Å². The Hall–Kier alpha value is -4.13. The van der Waals surface area contributed by atoms with Crippen LogP contribution in [0.2, 0.25) is 0 Å². The minimum Gasteiger partial charge on any atom is -0.497 e. The van der Waals surface area contributed by atoms with Crippen molar-refractivity contribution in [1.29, 1.82) is 5.26 Å². The van der Waals surface area contributed by atoms with Crippen LogP contribution in [0.4, 0.5) is 11.4 Å². The van der Waals surface area contributed by atoms with Crippen LogP contribution in [0.1, 0.15) is 23.6 Å². The van der Waals surface area contributed by atoms with Gasteiger partial charge in [-0.2, -0.15) is 5.26 Å². The molecule has 0 atom stereocenters. The summed E-state index contributed by atoms with van der Waals surface area (Å²) in [7, 11) is 3.62. The van der Waals surface area contributed by atoms with Gasteiger partial charge in [0.1, 0.15) is 10.7 Å². The predicted octanol–water partition coefficient (Wildman–Crippen LogP) is 6.61. The molecule has 2 aliphatic rings. The second-order valence-electron chi connectivity index (χ2n) is 8.79. The molecule has 2 aliphatic heterocycles.